The number of para-hydroxylation sites is 1. The first-order valence-corrected chi connectivity index (χ1v) is 5.71. The molecule has 2 aromatic carbocycles. The summed E-state index contributed by atoms with van der Waals surface area (Å²) in [5.41, 5.74) is 1.94. The molecule has 0 spiro atoms. The zero-order valence-corrected chi connectivity index (χ0v) is 10.3. The summed E-state index contributed by atoms with van der Waals surface area (Å²) in [6, 6.07) is 17.5. The van der Waals surface area contributed by atoms with E-state index in [2.05, 4.69) is 4.99 Å². The quantitative estimate of drug-likeness (QED) is 0.585. The lowest BCUT2D eigenvalue weighted by Crippen LogP contribution is -2.13. The molecule has 2 aromatic rings. The second-order valence-corrected chi connectivity index (χ2v) is 4.11. The van der Waals surface area contributed by atoms with Crippen LogP contribution in [0.2, 0.25) is 5.02 Å². The van der Waals surface area contributed by atoms with Crippen LogP contribution in [-0.2, 0) is 0 Å². The summed E-state index contributed by atoms with van der Waals surface area (Å²) in [7, 11) is 1.96. The summed E-state index contributed by atoms with van der Waals surface area (Å²) in [5, 5.41) is 0.696. The van der Waals surface area contributed by atoms with Crippen LogP contribution in [-0.4, -0.2) is 13.4 Å². The van der Waals surface area contributed by atoms with Gasteiger partial charge >= 0.3 is 0 Å². The molecule has 0 saturated heterocycles. The Balaban J connectivity index is 2.11. The molecule has 0 radical (unpaired) electrons. The molecule has 3 heteroatoms. The summed E-state index contributed by atoms with van der Waals surface area (Å²) in [6.07, 6.45) is 1.78. The molecule has 0 amide bonds. The van der Waals surface area contributed by atoms with E-state index in [9.17, 15) is 0 Å². The fourth-order valence-electron chi connectivity index (χ4n) is 1.44. The molecular formula is C14H13ClN2. The average molecular weight is 245 g/mol. The predicted octanol–water partition coefficient (Wildman–Crippen LogP) is 4.14. The van der Waals surface area contributed by atoms with Crippen molar-refractivity contribution in [2.24, 2.45) is 4.99 Å². The summed E-state index contributed by atoms with van der Waals surface area (Å²) < 4.78 is 0. The van der Waals surface area contributed by atoms with Gasteiger partial charge in [0.1, 0.15) is 0 Å². The van der Waals surface area contributed by atoms with E-state index in [0.29, 0.717) is 5.02 Å². The van der Waals surface area contributed by atoms with Crippen LogP contribution >= 0.6 is 11.6 Å². The molecule has 0 atom stereocenters. The van der Waals surface area contributed by atoms with E-state index < -0.39 is 0 Å². The van der Waals surface area contributed by atoms with Gasteiger partial charge in [-0.25, -0.2) is 4.99 Å². The maximum absolute atomic E-state index is 5.89. The lowest BCUT2D eigenvalue weighted by molar-refractivity contribution is 1.28. The minimum Gasteiger partial charge on any atom is -0.336 e. The zero-order chi connectivity index (χ0) is 12.1. The van der Waals surface area contributed by atoms with E-state index in [0.717, 1.165) is 11.4 Å². The highest BCUT2D eigenvalue weighted by Crippen LogP contribution is 2.18. The van der Waals surface area contributed by atoms with Crippen LogP contribution in [0.5, 0.6) is 0 Å². The van der Waals surface area contributed by atoms with Crippen molar-refractivity contribution in [3.63, 3.8) is 0 Å². The van der Waals surface area contributed by atoms with Crippen LogP contribution in [0.25, 0.3) is 0 Å². The van der Waals surface area contributed by atoms with Gasteiger partial charge in [0.15, 0.2) is 0 Å². The van der Waals surface area contributed by atoms with E-state index in [1.807, 2.05) is 66.5 Å². The zero-order valence-electron chi connectivity index (χ0n) is 9.55. The minimum absolute atomic E-state index is 0.696. The second kappa shape index (κ2) is 5.51. The first-order valence-electron chi connectivity index (χ1n) is 5.33. The van der Waals surface area contributed by atoms with Gasteiger partial charge in [-0.2, -0.15) is 0 Å². The van der Waals surface area contributed by atoms with Gasteiger partial charge in [-0.3, -0.25) is 0 Å². The molecule has 0 heterocycles. The van der Waals surface area contributed by atoms with Gasteiger partial charge in [0.05, 0.1) is 12.0 Å². The summed E-state index contributed by atoms with van der Waals surface area (Å²) in [4.78, 5) is 6.32. The Morgan fingerprint density at radius 3 is 2.53 bits per heavy atom. The monoisotopic (exact) mass is 244 g/mol. The van der Waals surface area contributed by atoms with Crippen LogP contribution in [0.3, 0.4) is 0 Å². The third-order valence-corrected chi connectivity index (χ3v) is 2.59. The Labute approximate surface area is 106 Å². The summed E-state index contributed by atoms with van der Waals surface area (Å²) in [5.74, 6) is 0. The van der Waals surface area contributed by atoms with Crippen molar-refractivity contribution >= 4 is 29.3 Å². The fraction of sp³-hybridized carbons (Fsp3) is 0.0714. The number of anilines is 1. The van der Waals surface area contributed by atoms with Crippen LogP contribution in [0, 0.1) is 0 Å². The maximum atomic E-state index is 5.89. The number of halogens is 1. The first-order chi connectivity index (χ1) is 8.25. The van der Waals surface area contributed by atoms with Crippen molar-refractivity contribution in [2.45, 2.75) is 0 Å². The Hall–Kier alpha value is -1.80. The molecule has 2 rings (SSSR count). The third kappa shape index (κ3) is 3.33. The average Bonchev–Trinajstić information content (AvgIpc) is 2.37. The molecule has 0 bridgehead atoms. The standard InChI is InChI=1S/C14H13ClN2/c1-17(14-8-3-2-4-9-14)11-16-13-7-5-6-12(15)10-13/h2-11H,1H3. The first kappa shape index (κ1) is 11.7. The smallest absolute Gasteiger partial charge is 0.0954 e. The molecule has 0 N–H and O–H groups in total. The number of benzene rings is 2. The van der Waals surface area contributed by atoms with Crippen LogP contribution in [0.4, 0.5) is 11.4 Å². The van der Waals surface area contributed by atoms with Gasteiger partial charge in [0.2, 0.25) is 0 Å². The Morgan fingerprint density at radius 1 is 1.06 bits per heavy atom. The molecule has 0 saturated carbocycles. The Bertz CT molecular complexity index is 509. The van der Waals surface area contributed by atoms with Crippen LogP contribution in [0.1, 0.15) is 0 Å². The molecular weight excluding hydrogens is 232 g/mol. The molecule has 0 aliphatic carbocycles. The largest absolute Gasteiger partial charge is 0.336 e. The lowest BCUT2D eigenvalue weighted by atomic mass is 10.3. The maximum Gasteiger partial charge on any atom is 0.0954 e. The van der Waals surface area contributed by atoms with Crippen molar-refractivity contribution in [1.29, 1.82) is 0 Å². The number of aliphatic imine (C=N–C) groups is 1. The van der Waals surface area contributed by atoms with Gasteiger partial charge < -0.3 is 4.90 Å². The van der Waals surface area contributed by atoms with Gasteiger partial charge in [-0.1, -0.05) is 35.9 Å². The van der Waals surface area contributed by atoms with Crippen molar-refractivity contribution < 1.29 is 0 Å². The highest BCUT2D eigenvalue weighted by atomic mass is 35.5. The highest BCUT2D eigenvalue weighted by Gasteiger charge is 1.95. The molecule has 0 aliphatic heterocycles. The number of hydrogen-bond acceptors (Lipinski definition) is 1. The molecule has 0 aliphatic rings. The van der Waals surface area contributed by atoms with Crippen molar-refractivity contribution in [1.82, 2.24) is 0 Å². The normalized spacial score (nSPS) is 10.7. The summed E-state index contributed by atoms with van der Waals surface area (Å²) in [6.45, 7) is 0. The molecule has 2 nitrogen and oxygen atoms in total. The van der Waals surface area contributed by atoms with Gasteiger partial charge in [0, 0.05) is 17.8 Å². The molecule has 17 heavy (non-hydrogen) atoms. The number of nitrogens with zero attached hydrogens (tertiary/aromatic N) is 2. The van der Waals surface area contributed by atoms with Gasteiger partial charge in [0.25, 0.3) is 0 Å². The Kier molecular flexibility index (Phi) is 3.78. The SMILES string of the molecule is CN(C=Nc1cccc(Cl)c1)c1ccccc1. The van der Waals surface area contributed by atoms with Gasteiger partial charge in [-0.05, 0) is 30.3 Å². The molecule has 0 aromatic heterocycles. The minimum atomic E-state index is 0.696. The fourth-order valence-corrected chi connectivity index (χ4v) is 1.62. The topological polar surface area (TPSA) is 15.6 Å². The lowest BCUT2D eigenvalue weighted by Gasteiger charge is -2.12. The van der Waals surface area contributed by atoms with Gasteiger partial charge in [-0.15, -0.1) is 0 Å². The molecule has 0 fully saturated rings. The molecule has 86 valence electrons. The summed E-state index contributed by atoms with van der Waals surface area (Å²) >= 11 is 5.89. The van der Waals surface area contributed by atoms with Crippen LogP contribution < -0.4 is 4.90 Å². The van der Waals surface area contributed by atoms with E-state index in [1.165, 1.54) is 0 Å². The molecule has 0 unspecified atom stereocenters. The van der Waals surface area contributed by atoms with E-state index >= 15 is 0 Å². The Morgan fingerprint density at radius 2 is 1.82 bits per heavy atom. The number of rotatable bonds is 3. The van der Waals surface area contributed by atoms with Crippen molar-refractivity contribution in [2.75, 3.05) is 11.9 Å². The van der Waals surface area contributed by atoms with Crippen LogP contribution in [0.15, 0.2) is 59.6 Å². The number of hydrogen-bond donors (Lipinski definition) is 0. The highest BCUT2D eigenvalue weighted by molar-refractivity contribution is 6.30. The third-order valence-electron chi connectivity index (χ3n) is 2.35. The predicted molar refractivity (Wildman–Crippen MR) is 74.4 cm³/mol. The second-order valence-electron chi connectivity index (χ2n) is 3.67. The van der Waals surface area contributed by atoms with E-state index in [4.69, 9.17) is 11.6 Å². The van der Waals surface area contributed by atoms with E-state index in [1.54, 1.807) is 6.34 Å². The van der Waals surface area contributed by atoms with Crippen molar-refractivity contribution in [3.8, 4) is 0 Å². The van der Waals surface area contributed by atoms with E-state index in [-0.39, 0.29) is 0 Å². The van der Waals surface area contributed by atoms with Crippen molar-refractivity contribution in [3.05, 3.63) is 59.6 Å².